The van der Waals surface area contributed by atoms with Crippen molar-refractivity contribution in [1.29, 1.82) is 0 Å². The van der Waals surface area contributed by atoms with E-state index in [2.05, 4.69) is 10.6 Å². The van der Waals surface area contributed by atoms with Gasteiger partial charge in [-0.2, -0.15) is 13.2 Å². The predicted octanol–water partition coefficient (Wildman–Crippen LogP) is 0.592. The van der Waals surface area contributed by atoms with Gasteiger partial charge in [-0.05, 0) is 11.8 Å². The van der Waals surface area contributed by atoms with E-state index in [9.17, 15) is 18.0 Å². The monoisotopic (exact) mass is 260 g/mol. The molecule has 4 nitrogen and oxygen atoms in total. The molecular weight excluding hydrogens is 245 g/mol. The van der Waals surface area contributed by atoms with E-state index < -0.39 is 5.51 Å². The van der Waals surface area contributed by atoms with Gasteiger partial charge in [0.05, 0.1) is 13.2 Å². The molecular formula is C8H15F3N2O2S. The summed E-state index contributed by atoms with van der Waals surface area (Å²) < 4.78 is 39.8. The van der Waals surface area contributed by atoms with Crippen LogP contribution in [0.2, 0.25) is 0 Å². The summed E-state index contributed by atoms with van der Waals surface area (Å²) in [5.41, 5.74) is -4.23. The summed E-state index contributed by atoms with van der Waals surface area (Å²) >= 11 is -0.148. The number of rotatable bonds is 8. The largest absolute Gasteiger partial charge is 0.441 e. The molecule has 0 bridgehead atoms. The molecule has 0 aliphatic heterocycles. The van der Waals surface area contributed by atoms with Crippen LogP contribution >= 0.6 is 11.8 Å². The van der Waals surface area contributed by atoms with Crippen LogP contribution in [0.25, 0.3) is 0 Å². The molecule has 0 aliphatic carbocycles. The van der Waals surface area contributed by atoms with E-state index in [4.69, 9.17) is 4.74 Å². The summed E-state index contributed by atoms with van der Waals surface area (Å²) in [4.78, 5) is 11.0. The molecule has 96 valence electrons. The van der Waals surface area contributed by atoms with Gasteiger partial charge in [0.1, 0.15) is 0 Å². The van der Waals surface area contributed by atoms with E-state index in [0.717, 1.165) is 0 Å². The molecule has 0 saturated heterocycles. The van der Waals surface area contributed by atoms with E-state index in [1.54, 1.807) is 0 Å². The number of hydrogen-bond donors (Lipinski definition) is 2. The van der Waals surface area contributed by atoms with Gasteiger partial charge in [-0.3, -0.25) is 4.79 Å². The lowest BCUT2D eigenvalue weighted by Gasteiger charge is -2.07. The van der Waals surface area contributed by atoms with Crippen molar-refractivity contribution in [3.05, 3.63) is 0 Å². The van der Waals surface area contributed by atoms with Gasteiger partial charge in [-0.25, -0.2) is 0 Å². The maximum atomic E-state index is 11.7. The average Bonchev–Trinajstić information content (AvgIpc) is 2.18. The Morgan fingerprint density at radius 2 is 2.06 bits per heavy atom. The first kappa shape index (κ1) is 15.5. The molecule has 0 radical (unpaired) electrons. The fourth-order valence-electron chi connectivity index (χ4n) is 0.796. The molecule has 0 atom stereocenters. The fourth-order valence-corrected chi connectivity index (χ4v) is 1.23. The molecule has 1 amide bonds. The highest BCUT2D eigenvalue weighted by Gasteiger charge is 2.27. The minimum Gasteiger partial charge on any atom is -0.383 e. The topological polar surface area (TPSA) is 50.4 Å². The number of ether oxygens (including phenoxy) is 1. The van der Waals surface area contributed by atoms with E-state index in [1.807, 2.05) is 0 Å². The van der Waals surface area contributed by atoms with Crippen LogP contribution in [0.1, 0.15) is 0 Å². The van der Waals surface area contributed by atoms with Gasteiger partial charge in [0, 0.05) is 26.0 Å². The third-order valence-corrected chi connectivity index (χ3v) is 2.19. The molecule has 0 aliphatic rings. The van der Waals surface area contributed by atoms with Gasteiger partial charge in [0.2, 0.25) is 5.91 Å². The molecule has 16 heavy (non-hydrogen) atoms. The van der Waals surface area contributed by atoms with Crippen molar-refractivity contribution in [3.8, 4) is 0 Å². The Labute approximate surface area is 96.3 Å². The second-order valence-corrected chi connectivity index (χ2v) is 3.97. The lowest BCUT2D eigenvalue weighted by molar-refractivity contribution is -0.120. The Hall–Kier alpha value is -0.470. The highest BCUT2D eigenvalue weighted by atomic mass is 32.2. The Morgan fingerprint density at radius 1 is 1.38 bits per heavy atom. The second-order valence-electron chi connectivity index (χ2n) is 2.81. The standard InChI is InChI=1S/C8H15F3N2O2S/c1-15-4-2-12-6-7(14)13-3-5-16-8(9,10)11/h12H,2-6H2,1H3,(H,13,14). The zero-order chi connectivity index (χ0) is 12.4. The number of methoxy groups -OCH3 is 1. The lowest BCUT2D eigenvalue weighted by Crippen LogP contribution is -2.36. The smallest absolute Gasteiger partial charge is 0.383 e. The first-order valence-corrected chi connectivity index (χ1v) is 5.61. The highest BCUT2D eigenvalue weighted by Crippen LogP contribution is 2.29. The fraction of sp³-hybridized carbons (Fsp3) is 0.875. The van der Waals surface area contributed by atoms with Crippen LogP contribution in [0.5, 0.6) is 0 Å². The molecule has 0 aromatic rings. The van der Waals surface area contributed by atoms with Crippen LogP contribution in [0.4, 0.5) is 13.2 Å². The molecule has 0 fully saturated rings. The highest BCUT2D eigenvalue weighted by molar-refractivity contribution is 8.00. The van der Waals surface area contributed by atoms with Crippen molar-refractivity contribution in [2.45, 2.75) is 5.51 Å². The van der Waals surface area contributed by atoms with E-state index in [0.29, 0.717) is 13.2 Å². The van der Waals surface area contributed by atoms with Crippen LogP contribution in [0.3, 0.4) is 0 Å². The molecule has 0 unspecified atom stereocenters. The van der Waals surface area contributed by atoms with Gasteiger partial charge >= 0.3 is 5.51 Å². The zero-order valence-electron chi connectivity index (χ0n) is 8.89. The van der Waals surface area contributed by atoms with E-state index >= 15 is 0 Å². The van der Waals surface area contributed by atoms with Gasteiger partial charge in [0.15, 0.2) is 0 Å². The first-order chi connectivity index (χ1) is 7.45. The molecule has 0 heterocycles. The number of amides is 1. The SMILES string of the molecule is COCCNCC(=O)NCCSC(F)(F)F. The van der Waals surface area contributed by atoms with Crippen molar-refractivity contribution in [1.82, 2.24) is 10.6 Å². The van der Waals surface area contributed by atoms with Gasteiger partial charge in [0.25, 0.3) is 0 Å². The van der Waals surface area contributed by atoms with Crippen LogP contribution < -0.4 is 10.6 Å². The summed E-state index contributed by atoms with van der Waals surface area (Å²) in [6.07, 6.45) is 0. The Kier molecular flexibility index (Phi) is 8.40. The van der Waals surface area contributed by atoms with Crippen molar-refractivity contribution in [3.63, 3.8) is 0 Å². The number of alkyl halides is 3. The average molecular weight is 260 g/mol. The summed E-state index contributed by atoms with van der Waals surface area (Å²) in [5, 5.41) is 5.15. The molecule has 0 rings (SSSR count). The van der Waals surface area contributed by atoms with Crippen molar-refractivity contribution in [2.24, 2.45) is 0 Å². The maximum Gasteiger partial charge on any atom is 0.441 e. The molecule has 0 saturated carbocycles. The molecule has 2 N–H and O–H groups in total. The summed E-state index contributed by atoms with van der Waals surface area (Å²) in [6.45, 7) is 1.10. The van der Waals surface area contributed by atoms with Crippen molar-refractivity contribution >= 4 is 17.7 Å². The third-order valence-electron chi connectivity index (χ3n) is 1.46. The minimum absolute atomic E-state index is 0.00890. The molecule has 0 aromatic carbocycles. The third kappa shape index (κ3) is 11.6. The van der Waals surface area contributed by atoms with Crippen LogP contribution in [-0.2, 0) is 9.53 Å². The molecule has 0 aromatic heterocycles. The summed E-state index contributed by atoms with van der Waals surface area (Å²) in [7, 11) is 1.54. The Morgan fingerprint density at radius 3 is 2.62 bits per heavy atom. The van der Waals surface area contributed by atoms with E-state index in [-0.39, 0.29) is 36.5 Å². The summed E-state index contributed by atoms with van der Waals surface area (Å²) in [6, 6.07) is 0. The van der Waals surface area contributed by atoms with Crippen LogP contribution in [0, 0.1) is 0 Å². The lowest BCUT2D eigenvalue weighted by atomic mass is 10.5. The number of hydrogen-bond acceptors (Lipinski definition) is 4. The molecule has 8 heteroatoms. The summed E-state index contributed by atoms with van der Waals surface area (Å²) in [5.74, 6) is -0.494. The Balaban J connectivity index is 3.31. The number of carbonyl (C=O) groups excluding carboxylic acids is 1. The first-order valence-electron chi connectivity index (χ1n) is 4.63. The minimum atomic E-state index is -4.23. The van der Waals surface area contributed by atoms with Crippen LogP contribution in [0.15, 0.2) is 0 Å². The number of halogens is 3. The van der Waals surface area contributed by atoms with E-state index in [1.165, 1.54) is 7.11 Å². The van der Waals surface area contributed by atoms with Gasteiger partial charge < -0.3 is 15.4 Å². The van der Waals surface area contributed by atoms with Gasteiger partial charge in [-0.15, -0.1) is 0 Å². The maximum absolute atomic E-state index is 11.7. The number of carbonyl (C=O) groups is 1. The van der Waals surface area contributed by atoms with Crippen LogP contribution in [-0.4, -0.2) is 50.5 Å². The van der Waals surface area contributed by atoms with Crippen molar-refractivity contribution in [2.75, 3.05) is 39.1 Å². The quantitative estimate of drug-likeness (QED) is 0.627. The van der Waals surface area contributed by atoms with Gasteiger partial charge in [-0.1, -0.05) is 0 Å². The normalized spacial score (nSPS) is 11.5. The molecule has 0 spiro atoms. The second kappa shape index (κ2) is 8.66. The number of nitrogens with one attached hydrogen (secondary N) is 2. The zero-order valence-corrected chi connectivity index (χ0v) is 9.71. The Bertz CT molecular complexity index is 202. The van der Waals surface area contributed by atoms with Crippen molar-refractivity contribution < 1.29 is 22.7 Å². The number of thioether (sulfide) groups is 1. The predicted molar refractivity (Wildman–Crippen MR) is 56.3 cm³/mol.